The van der Waals surface area contributed by atoms with Gasteiger partial charge in [-0.2, -0.15) is 0 Å². The molecule has 1 saturated heterocycles. The summed E-state index contributed by atoms with van der Waals surface area (Å²) in [6.07, 6.45) is 0.941. The molecule has 1 aromatic carbocycles. The molecule has 0 aromatic heterocycles. The van der Waals surface area contributed by atoms with E-state index in [0.717, 1.165) is 45.3 Å². The first-order valence-corrected chi connectivity index (χ1v) is 7.88. The van der Waals surface area contributed by atoms with Crippen molar-refractivity contribution in [1.82, 2.24) is 5.32 Å². The van der Waals surface area contributed by atoms with Crippen LogP contribution in [0.15, 0.2) is 18.2 Å². The van der Waals surface area contributed by atoms with Crippen LogP contribution in [0.2, 0.25) is 0 Å². The van der Waals surface area contributed by atoms with Gasteiger partial charge in [0.2, 0.25) is 0 Å². The highest BCUT2D eigenvalue weighted by atomic mass is 32.1. The van der Waals surface area contributed by atoms with Gasteiger partial charge in [0.05, 0.1) is 24.7 Å². The maximum Gasteiger partial charge on any atom is 0.271 e. The number of rotatable bonds is 6. The zero-order valence-corrected chi connectivity index (χ0v) is 13.5. The lowest BCUT2D eigenvalue weighted by molar-refractivity contribution is -0.908. The molecule has 126 valence electrons. The van der Waals surface area contributed by atoms with Crippen molar-refractivity contribution in [2.75, 3.05) is 44.7 Å². The third kappa shape index (κ3) is 5.62. The Morgan fingerprint density at radius 1 is 1.39 bits per heavy atom. The number of nitro groups is 1. The van der Waals surface area contributed by atoms with Crippen molar-refractivity contribution in [1.29, 1.82) is 0 Å². The second-order valence-electron chi connectivity index (χ2n) is 5.28. The van der Waals surface area contributed by atoms with Crippen molar-refractivity contribution >= 4 is 28.7 Å². The number of nitrogens with one attached hydrogen (secondary N) is 3. The summed E-state index contributed by atoms with van der Waals surface area (Å²) in [5.41, 5.74) is -0.0404. The van der Waals surface area contributed by atoms with E-state index in [0.29, 0.717) is 11.7 Å². The number of quaternary nitrogens is 1. The molecule has 1 fully saturated rings. The van der Waals surface area contributed by atoms with Gasteiger partial charge in [-0.15, -0.1) is 0 Å². The molecule has 0 radical (unpaired) electrons. The fraction of sp³-hybridized carbons (Fsp3) is 0.500. The number of anilines is 1. The van der Waals surface area contributed by atoms with Gasteiger partial charge in [0.25, 0.3) is 5.69 Å². The van der Waals surface area contributed by atoms with Crippen LogP contribution in [0.25, 0.3) is 0 Å². The fourth-order valence-electron chi connectivity index (χ4n) is 2.35. The van der Waals surface area contributed by atoms with E-state index in [2.05, 4.69) is 10.6 Å². The molecule has 23 heavy (non-hydrogen) atoms. The molecule has 1 heterocycles. The molecule has 1 aliphatic rings. The largest absolute Gasteiger partial charge is 0.871 e. The van der Waals surface area contributed by atoms with Crippen LogP contribution in [-0.2, 0) is 4.74 Å². The van der Waals surface area contributed by atoms with E-state index in [-0.39, 0.29) is 17.1 Å². The number of thiocarbonyl (C=S) groups is 1. The minimum atomic E-state index is -0.549. The first-order valence-electron chi connectivity index (χ1n) is 7.48. The van der Waals surface area contributed by atoms with Crippen molar-refractivity contribution in [3.05, 3.63) is 28.3 Å². The Hall–Kier alpha value is -1.97. The average molecular weight is 340 g/mol. The van der Waals surface area contributed by atoms with E-state index >= 15 is 0 Å². The highest BCUT2D eigenvalue weighted by Crippen LogP contribution is 2.25. The maximum atomic E-state index is 11.7. The molecule has 0 atom stereocenters. The molecule has 8 nitrogen and oxygen atoms in total. The lowest BCUT2D eigenvalue weighted by Gasteiger charge is -2.23. The minimum Gasteiger partial charge on any atom is -0.871 e. The smallest absolute Gasteiger partial charge is 0.271 e. The number of nitro benzene ring substituents is 1. The van der Waals surface area contributed by atoms with Crippen LogP contribution in [0.3, 0.4) is 0 Å². The molecule has 0 amide bonds. The van der Waals surface area contributed by atoms with E-state index in [9.17, 15) is 15.2 Å². The van der Waals surface area contributed by atoms with Crippen molar-refractivity contribution < 1.29 is 19.7 Å². The predicted octanol–water partition coefficient (Wildman–Crippen LogP) is -0.740. The summed E-state index contributed by atoms with van der Waals surface area (Å²) < 4.78 is 5.30. The second-order valence-corrected chi connectivity index (χ2v) is 5.69. The number of morpholine rings is 1. The Balaban J connectivity index is 1.74. The second kappa shape index (κ2) is 8.61. The van der Waals surface area contributed by atoms with Crippen LogP contribution in [0.5, 0.6) is 5.75 Å². The van der Waals surface area contributed by atoms with Crippen molar-refractivity contribution in [3.8, 4) is 5.75 Å². The first-order chi connectivity index (χ1) is 11.1. The zero-order chi connectivity index (χ0) is 16.7. The van der Waals surface area contributed by atoms with Gasteiger partial charge in [0, 0.05) is 30.8 Å². The number of non-ortho nitro benzene ring substituents is 1. The Bertz CT molecular complexity index is 564. The lowest BCUT2D eigenvalue weighted by Crippen LogP contribution is -3.14. The van der Waals surface area contributed by atoms with Crippen LogP contribution in [0.1, 0.15) is 6.42 Å². The van der Waals surface area contributed by atoms with Crippen LogP contribution in [-0.4, -0.2) is 49.4 Å². The summed E-state index contributed by atoms with van der Waals surface area (Å²) in [5, 5.41) is 28.4. The monoisotopic (exact) mass is 340 g/mol. The Morgan fingerprint density at radius 3 is 2.83 bits per heavy atom. The fourth-order valence-corrected chi connectivity index (χ4v) is 2.56. The minimum absolute atomic E-state index is 0.107. The summed E-state index contributed by atoms with van der Waals surface area (Å²) in [6.45, 7) is 5.37. The summed E-state index contributed by atoms with van der Waals surface area (Å²) in [5.74, 6) is -0.336. The summed E-state index contributed by atoms with van der Waals surface area (Å²) >= 11 is 5.12. The number of ether oxygens (including phenoxy) is 1. The van der Waals surface area contributed by atoms with Crippen molar-refractivity contribution in [2.45, 2.75) is 6.42 Å². The lowest BCUT2D eigenvalue weighted by atomic mass is 10.2. The van der Waals surface area contributed by atoms with Crippen LogP contribution in [0.4, 0.5) is 11.4 Å². The Labute approximate surface area is 139 Å². The highest BCUT2D eigenvalue weighted by Gasteiger charge is 2.13. The van der Waals surface area contributed by atoms with Gasteiger partial charge in [-0.25, -0.2) is 0 Å². The molecular formula is C14H20N4O4S. The van der Waals surface area contributed by atoms with E-state index in [1.165, 1.54) is 17.0 Å². The SMILES string of the molecule is O=[N+]([O-])c1ccc([O-])c(NC(=S)NCCC[NH+]2CCOCC2)c1. The molecule has 2 rings (SSSR count). The topological polar surface area (TPSA) is 104 Å². The number of hydrogen-bond donors (Lipinski definition) is 3. The molecular weight excluding hydrogens is 320 g/mol. The predicted molar refractivity (Wildman–Crippen MR) is 87.8 cm³/mol. The van der Waals surface area contributed by atoms with Crippen LogP contribution in [0, 0.1) is 10.1 Å². The molecule has 1 aliphatic heterocycles. The van der Waals surface area contributed by atoms with E-state index < -0.39 is 4.92 Å². The third-order valence-corrected chi connectivity index (χ3v) is 3.86. The quantitative estimate of drug-likeness (QED) is 0.271. The van der Waals surface area contributed by atoms with E-state index in [1.807, 2.05) is 0 Å². The molecule has 9 heteroatoms. The van der Waals surface area contributed by atoms with E-state index in [1.54, 1.807) is 0 Å². The molecule has 1 aromatic rings. The normalized spacial score (nSPS) is 15.1. The van der Waals surface area contributed by atoms with Gasteiger partial charge in [-0.3, -0.25) is 10.1 Å². The van der Waals surface area contributed by atoms with E-state index in [4.69, 9.17) is 17.0 Å². The molecule has 0 aliphatic carbocycles. The average Bonchev–Trinajstić information content (AvgIpc) is 2.54. The van der Waals surface area contributed by atoms with Crippen molar-refractivity contribution in [3.63, 3.8) is 0 Å². The Kier molecular flexibility index (Phi) is 6.51. The van der Waals surface area contributed by atoms with Crippen LogP contribution < -0.4 is 20.6 Å². The number of nitrogens with zero attached hydrogens (tertiary/aromatic N) is 1. The number of benzene rings is 1. The highest BCUT2D eigenvalue weighted by molar-refractivity contribution is 7.80. The summed E-state index contributed by atoms with van der Waals surface area (Å²) in [7, 11) is 0. The molecule has 0 spiro atoms. The Morgan fingerprint density at radius 2 is 2.13 bits per heavy atom. The van der Waals surface area contributed by atoms with Gasteiger partial charge in [-0.1, -0.05) is 11.8 Å². The maximum absolute atomic E-state index is 11.7. The standard InChI is InChI=1S/C14H20N4O4S/c19-13-3-2-11(18(20)21)10-12(13)16-14(23)15-4-1-5-17-6-8-22-9-7-17/h2-3,10,19H,1,4-9H2,(H2,15,16,23). The number of hydrogen-bond acceptors (Lipinski definition) is 5. The van der Waals surface area contributed by atoms with Gasteiger partial charge >= 0.3 is 0 Å². The molecule has 0 bridgehead atoms. The van der Waals surface area contributed by atoms with Gasteiger partial charge in [0.15, 0.2) is 5.11 Å². The summed E-state index contributed by atoms with van der Waals surface area (Å²) in [4.78, 5) is 11.7. The molecule has 0 saturated carbocycles. The molecule has 0 unspecified atom stereocenters. The van der Waals surface area contributed by atoms with Gasteiger partial charge in [-0.05, 0) is 12.2 Å². The van der Waals surface area contributed by atoms with Gasteiger partial charge in [0.1, 0.15) is 13.1 Å². The van der Waals surface area contributed by atoms with Gasteiger partial charge < -0.3 is 25.4 Å². The van der Waals surface area contributed by atoms with Crippen LogP contribution >= 0.6 is 12.2 Å². The summed E-state index contributed by atoms with van der Waals surface area (Å²) in [6, 6.07) is 3.52. The molecule has 3 N–H and O–H groups in total. The third-order valence-electron chi connectivity index (χ3n) is 3.61. The zero-order valence-electron chi connectivity index (χ0n) is 12.7. The van der Waals surface area contributed by atoms with Crippen molar-refractivity contribution in [2.24, 2.45) is 0 Å². The first kappa shape index (κ1) is 17.4.